The van der Waals surface area contributed by atoms with Crippen molar-refractivity contribution < 1.29 is 15.0 Å². The molecule has 0 aliphatic rings. The van der Waals surface area contributed by atoms with E-state index in [2.05, 4.69) is 0 Å². The van der Waals surface area contributed by atoms with E-state index in [1.165, 1.54) is 0 Å². The van der Waals surface area contributed by atoms with Gasteiger partial charge in [0.15, 0.2) is 0 Å². The van der Waals surface area contributed by atoms with Crippen LogP contribution in [0.3, 0.4) is 0 Å². The topological polar surface area (TPSA) is 57.5 Å². The van der Waals surface area contributed by atoms with Crippen molar-refractivity contribution in [3.05, 3.63) is 0 Å². The van der Waals surface area contributed by atoms with Crippen molar-refractivity contribution in [3.8, 4) is 0 Å². The molecule has 0 fully saturated rings. The maximum atomic E-state index is 8.56. The van der Waals surface area contributed by atoms with Crippen LogP contribution in [-0.2, 0) is 0 Å². The van der Waals surface area contributed by atoms with Crippen LogP contribution in [0.1, 0.15) is 0 Å². The summed E-state index contributed by atoms with van der Waals surface area (Å²) in [5.41, 5.74) is 0. The molecule has 0 saturated carbocycles. The number of halogens is 1. The van der Waals surface area contributed by atoms with E-state index in [0.29, 0.717) is 0 Å². The molecule has 0 radical (unpaired) electrons. The Bertz CT molecular complexity index is 37.9. The first-order valence-corrected chi connectivity index (χ1v) is 0.651. The predicted octanol–water partition coefficient (Wildman–Crippen LogP) is -0.653. The third kappa shape index (κ3) is 81.3. The third-order valence-corrected chi connectivity index (χ3v) is 0. The van der Waals surface area contributed by atoms with E-state index in [1.807, 2.05) is 0 Å². The molecule has 0 aromatic rings. The Labute approximate surface area is 102 Å². The van der Waals surface area contributed by atoms with Crippen molar-refractivity contribution in [2.24, 2.45) is 0 Å². The molecular formula is CH5ClKLiO3. The number of rotatable bonds is 0. The zero-order chi connectivity index (χ0) is 3.58. The molecule has 0 aromatic carbocycles. The van der Waals surface area contributed by atoms with Crippen LogP contribution in [0.4, 0.5) is 4.79 Å². The number of carbonyl (C=O) groups is 1. The summed E-state index contributed by atoms with van der Waals surface area (Å²) in [7, 11) is 0. The molecule has 7 heavy (non-hydrogen) atoms. The number of hydrogen-bond donors (Lipinski definition) is 2. The number of carboxylic acid groups (broad SMARTS) is 2. The van der Waals surface area contributed by atoms with Gasteiger partial charge in [0.1, 0.15) is 0 Å². The Hall–Kier alpha value is 1.79. The fourth-order valence-electron chi connectivity index (χ4n) is 0. The standard InChI is InChI=1S/CH2O3.ClH.K.Li.2H/c2-1(3)4;;;;;/h(H2,2,3,4);1H;;;;. The van der Waals surface area contributed by atoms with Gasteiger partial charge in [-0.05, 0) is 0 Å². The summed E-state index contributed by atoms with van der Waals surface area (Å²) in [6.07, 6.45) is -1.83. The van der Waals surface area contributed by atoms with Crippen LogP contribution >= 0.6 is 12.4 Å². The van der Waals surface area contributed by atoms with Gasteiger partial charge in [0, 0.05) is 0 Å². The summed E-state index contributed by atoms with van der Waals surface area (Å²) in [5, 5.41) is 13.9. The van der Waals surface area contributed by atoms with E-state index in [-0.39, 0.29) is 82.7 Å². The summed E-state index contributed by atoms with van der Waals surface area (Å²) in [5.74, 6) is 0. The van der Waals surface area contributed by atoms with E-state index in [9.17, 15) is 0 Å². The van der Waals surface area contributed by atoms with E-state index in [0.717, 1.165) is 0 Å². The summed E-state index contributed by atoms with van der Waals surface area (Å²) >= 11 is 0. The molecule has 3 nitrogen and oxygen atoms in total. The van der Waals surface area contributed by atoms with Gasteiger partial charge in [0.25, 0.3) is 0 Å². The van der Waals surface area contributed by atoms with Gasteiger partial charge in [-0.2, -0.15) is 0 Å². The van der Waals surface area contributed by atoms with Gasteiger partial charge >= 0.3 is 76.4 Å². The van der Waals surface area contributed by atoms with Crippen molar-refractivity contribution in [1.82, 2.24) is 0 Å². The second kappa shape index (κ2) is 15.7. The van der Waals surface area contributed by atoms with E-state index < -0.39 is 6.16 Å². The Morgan fingerprint density at radius 2 is 1.29 bits per heavy atom. The fourth-order valence-corrected chi connectivity index (χ4v) is 0. The molecule has 0 aliphatic heterocycles. The van der Waals surface area contributed by atoms with Crippen LogP contribution in [-0.4, -0.2) is 86.6 Å². The van der Waals surface area contributed by atoms with E-state index in [1.54, 1.807) is 0 Å². The van der Waals surface area contributed by atoms with Crippen molar-refractivity contribution in [2.75, 3.05) is 0 Å². The first-order valence-electron chi connectivity index (χ1n) is 0.651. The summed E-state index contributed by atoms with van der Waals surface area (Å²) in [6, 6.07) is 0. The van der Waals surface area contributed by atoms with Gasteiger partial charge in [-0.1, -0.05) is 0 Å². The fraction of sp³-hybridized carbons (Fsp3) is 0. The summed E-state index contributed by atoms with van der Waals surface area (Å²) < 4.78 is 0. The Kier molecular flexibility index (Phi) is 52.0. The van der Waals surface area contributed by atoms with Crippen LogP contribution < -0.4 is 0 Å². The molecule has 0 saturated heterocycles. The Morgan fingerprint density at radius 1 is 1.29 bits per heavy atom. The number of hydrogen-bond acceptors (Lipinski definition) is 1. The molecule has 0 unspecified atom stereocenters. The average Bonchev–Trinajstić information content (AvgIpc) is 0.811. The molecule has 0 spiro atoms. The molecule has 0 rings (SSSR count). The van der Waals surface area contributed by atoms with Crippen LogP contribution in [0, 0.1) is 0 Å². The minimum atomic E-state index is -1.83. The van der Waals surface area contributed by atoms with Crippen molar-refractivity contribution in [3.63, 3.8) is 0 Å². The van der Waals surface area contributed by atoms with Crippen LogP contribution in [0.2, 0.25) is 0 Å². The Balaban J connectivity index is -0.0000000150. The quantitative estimate of drug-likeness (QED) is 0.447. The zero-order valence-corrected chi connectivity index (χ0v) is 3.03. The van der Waals surface area contributed by atoms with Crippen molar-refractivity contribution in [1.29, 1.82) is 0 Å². The van der Waals surface area contributed by atoms with Gasteiger partial charge in [0.05, 0.1) is 0 Å². The Morgan fingerprint density at radius 3 is 1.29 bits per heavy atom. The zero-order valence-electron chi connectivity index (χ0n) is 2.21. The summed E-state index contributed by atoms with van der Waals surface area (Å²) in [4.78, 5) is 8.56. The second-order valence-electron chi connectivity index (χ2n) is 0.283. The second-order valence-corrected chi connectivity index (χ2v) is 0.283. The van der Waals surface area contributed by atoms with Gasteiger partial charge in [-0.25, -0.2) is 4.79 Å². The predicted molar refractivity (Wildman–Crippen MR) is 32.2 cm³/mol. The first kappa shape index (κ1) is 23.2. The molecule has 0 atom stereocenters. The van der Waals surface area contributed by atoms with Gasteiger partial charge in [-0.15, -0.1) is 12.4 Å². The molecule has 36 valence electrons. The molecule has 0 aromatic heterocycles. The maximum absolute atomic E-state index is 8.56. The molecule has 0 heterocycles. The van der Waals surface area contributed by atoms with Gasteiger partial charge in [0.2, 0.25) is 0 Å². The van der Waals surface area contributed by atoms with Gasteiger partial charge in [-0.3, -0.25) is 0 Å². The van der Waals surface area contributed by atoms with Crippen LogP contribution in [0.5, 0.6) is 0 Å². The SMILES string of the molecule is Cl.O=C(O)O.[KH].[LiH]. The molecular weight excluding hydrogens is 142 g/mol. The molecule has 2 N–H and O–H groups in total. The minimum absolute atomic E-state index is 0. The average molecular weight is 147 g/mol. The van der Waals surface area contributed by atoms with Crippen LogP contribution in [0.15, 0.2) is 0 Å². The van der Waals surface area contributed by atoms with E-state index in [4.69, 9.17) is 15.0 Å². The molecule has 0 aliphatic carbocycles. The van der Waals surface area contributed by atoms with E-state index >= 15 is 0 Å². The van der Waals surface area contributed by atoms with Gasteiger partial charge < -0.3 is 10.2 Å². The normalized spacial score (nSPS) is 3.43. The first-order chi connectivity index (χ1) is 1.73. The monoisotopic (exact) mass is 146 g/mol. The van der Waals surface area contributed by atoms with Crippen molar-refractivity contribution >= 4 is 88.8 Å². The van der Waals surface area contributed by atoms with Crippen LogP contribution in [0.25, 0.3) is 0 Å². The molecule has 6 heteroatoms. The molecule has 0 bridgehead atoms. The summed E-state index contributed by atoms with van der Waals surface area (Å²) in [6.45, 7) is 0. The third-order valence-electron chi connectivity index (χ3n) is 0. The van der Waals surface area contributed by atoms with Crippen molar-refractivity contribution in [2.45, 2.75) is 0 Å². The molecule has 0 amide bonds.